The topological polar surface area (TPSA) is 58.6 Å². The summed E-state index contributed by atoms with van der Waals surface area (Å²) >= 11 is 6.33. The molecule has 3 aromatic rings. The number of nitrogens with zero attached hydrogens (tertiary/aromatic N) is 1. The number of hydrogen-bond donors (Lipinski definition) is 1. The highest BCUT2D eigenvalue weighted by Gasteiger charge is 2.29. The highest BCUT2D eigenvalue weighted by atomic mass is 35.5. The number of rotatable bonds is 7. The summed E-state index contributed by atoms with van der Waals surface area (Å²) in [5.41, 5.74) is 0.354. The molecule has 3 aromatic carbocycles. The van der Waals surface area contributed by atoms with Gasteiger partial charge < -0.3 is 15.0 Å². The molecule has 2 amide bonds. The van der Waals surface area contributed by atoms with Gasteiger partial charge in [-0.1, -0.05) is 66.2 Å². The molecule has 0 heterocycles. The van der Waals surface area contributed by atoms with E-state index in [0.717, 1.165) is 16.3 Å². The lowest BCUT2D eigenvalue weighted by atomic mass is 10.1. The zero-order valence-electron chi connectivity index (χ0n) is 18.9. The molecule has 0 aliphatic carbocycles. The molecule has 6 heteroatoms. The molecule has 0 radical (unpaired) electrons. The number of halogens is 1. The van der Waals surface area contributed by atoms with Gasteiger partial charge in [0, 0.05) is 22.5 Å². The van der Waals surface area contributed by atoms with E-state index in [9.17, 15) is 9.59 Å². The molecule has 0 aromatic heterocycles. The second-order valence-corrected chi connectivity index (χ2v) is 9.20. The molecule has 1 N–H and O–H groups in total. The number of carbonyl (C=O) groups excluding carboxylic acids is 2. The van der Waals surface area contributed by atoms with E-state index >= 15 is 0 Å². The maximum Gasteiger partial charge on any atom is 0.261 e. The van der Waals surface area contributed by atoms with Crippen LogP contribution in [0, 0.1) is 0 Å². The Bertz CT molecular complexity index is 1100. The van der Waals surface area contributed by atoms with Crippen molar-refractivity contribution < 1.29 is 14.3 Å². The number of hydrogen-bond acceptors (Lipinski definition) is 3. The van der Waals surface area contributed by atoms with E-state index in [1.54, 1.807) is 13.0 Å². The van der Waals surface area contributed by atoms with Gasteiger partial charge in [0.15, 0.2) is 6.61 Å². The fourth-order valence-electron chi connectivity index (χ4n) is 3.41. The summed E-state index contributed by atoms with van der Waals surface area (Å²) in [4.78, 5) is 27.6. The van der Waals surface area contributed by atoms with Crippen molar-refractivity contribution in [2.75, 3.05) is 6.61 Å². The predicted molar refractivity (Wildman–Crippen MR) is 129 cm³/mol. The minimum absolute atomic E-state index is 0.189. The molecule has 5 nitrogen and oxygen atoms in total. The van der Waals surface area contributed by atoms with Crippen molar-refractivity contribution >= 4 is 34.2 Å². The van der Waals surface area contributed by atoms with Gasteiger partial charge in [0.25, 0.3) is 5.91 Å². The predicted octanol–water partition coefficient (Wildman–Crippen LogP) is 5.20. The standard InChI is InChI=1S/C26H29ClN2O3/c1-18(25(31)28-26(2,3)4)29(16-20-11-6-8-14-22(20)27)24(30)17-32-23-15-9-12-19-10-5-7-13-21(19)23/h5-15,18H,16-17H2,1-4H3,(H,28,31)/t18-/m0/s1. The molecule has 0 spiro atoms. The van der Waals surface area contributed by atoms with Crippen LogP contribution in [0.25, 0.3) is 10.8 Å². The van der Waals surface area contributed by atoms with Gasteiger partial charge in [-0.25, -0.2) is 0 Å². The quantitative estimate of drug-likeness (QED) is 0.535. The SMILES string of the molecule is C[C@@H](C(=O)NC(C)(C)C)N(Cc1ccccc1Cl)C(=O)COc1cccc2ccccc12. The van der Waals surface area contributed by atoms with Crippen LogP contribution in [0.4, 0.5) is 0 Å². The first kappa shape index (κ1) is 23.6. The Kier molecular flexibility index (Phi) is 7.41. The zero-order chi connectivity index (χ0) is 23.3. The van der Waals surface area contributed by atoms with E-state index in [0.29, 0.717) is 10.8 Å². The van der Waals surface area contributed by atoms with Crippen LogP contribution >= 0.6 is 11.6 Å². The Morgan fingerprint density at radius 3 is 2.38 bits per heavy atom. The van der Waals surface area contributed by atoms with Gasteiger partial charge in [0.05, 0.1) is 0 Å². The van der Waals surface area contributed by atoms with Crippen LogP contribution in [0.3, 0.4) is 0 Å². The van der Waals surface area contributed by atoms with Crippen LogP contribution < -0.4 is 10.1 Å². The summed E-state index contributed by atoms with van der Waals surface area (Å²) in [6, 6.07) is 20.2. The van der Waals surface area contributed by atoms with Gasteiger partial charge in [-0.15, -0.1) is 0 Å². The number of ether oxygens (including phenoxy) is 1. The average molecular weight is 453 g/mol. The zero-order valence-corrected chi connectivity index (χ0v) is 19.6. The second kappa shape index (κ2) is 10.0. The Morgan fingerprint density at radius 1 is 1.00 bits per heavy atom. The highest BCUT2D eigenvalue weighted by Crippen LogP contribution is 2.25. The lowest BCUT2D eigenvalue weighted by molar-refractivity contribution is -0.142. The Labute approximate surface area is 194 Å². The van der Waals surface area contributed by atoms with E-state index < -0.39 is 11.6 Å². The minimum atomic E-state index is -0.700. The minimum Gasteiger partial charge on any atom is -0.483 e. The van der Waals surface area contributed by atoms with Crippen LogP contribution in [-0.2, 0) is 16.1 Å². The molecular weight excluding hydrogens is 424 g/mol. The third kappa shape index (κ3) is 6.01. The highest BCUT2D eigenvalue weighted by molar-refractivity contribution is 6.31. The van der Waals surface area contributed by atoms with Crippen LogP contribution in [0.1, 0.15) is 33.3 Å². The van der Waals surface area contributed by atoms with Crippen molar-refractivity contribution in [3.8, 4) is 5.75 Å². The summed E-state index contributed by atoms with van der Waals surface area (Å²) in [6.07, 6.45) is 0. The molecule has 1 atom stereocenters. The first-order valence-electron chi connectivity index (χ1n) is 10.6. The summed E-state index contributed by atoms with van der Waals surface area (Å²) in [7, 11) is 0. The fourth-order valence-corrected chi connectivity index (χ4v) is 3.61. The van der Waals surface area contributed by atoms with E-state index in [4.69, 9.17) is 16.3 Å². The molecule has 0 unspecified atom stereocenters. The summed E-state index contributed by atoms with van der Waals surface area (Å²) in [6.45, 7) is 7.44. The van der Waals surface area contributed by atoms with Crippen LogP contribution in [0.5, 0.6) is 5.75 Å². The molecule has 0 aliphatic heterocycles. The van der Waals surface area contributed by atoms with Gasteiger partial charge in [0.1, 0.15) is 11.8 Å². The van der Waals surface area contributed by atoms with Crippen molar-refractivity contribution in [1.29, 1.82) is 0 Å². The number of nitrogens with one attached hydrogen (secondary N) is 1. The van der Waals surface area contributed by atoms with Gasteiger partial charge >= 0.3 is 0 Å². The molecule has 0 fully saturated rings. The summed E-state index contributed by atoms with van der Waals surface area (Å²) in [5, 5.41) is 5.45. The van der Waals surface area contributed by atoms with E-state index in [1.807, 2.05) is 81.4 Å². The third-order valence-corrected chi connectivity index (χ3v) is 5.43. The fraction of sp³-hybridized carbons (Fsp3) is 0.308. The largest absolute Gasteiger partial charge is 0.483 e. The number of amides is 2. The van der Waals surface area contributed by atoms with Crippen molar-refractivity contribution in [2.24, 2.45) is 0 Å². The molecule has 0 saturated heterocycles. The maximum atomic E-state index is 13.3. The van der Waals surface area contributed by atoms with Crippen molar-refractivity contribution in [1.82, 2.24) is 10.2 Å². The lowest BCUT2D eigenvalue weighted by Crippen LogP contribution is -2.53. The molecule has 3 rings (SSSR count). The van der Waals surface area contributed by atoms with Crippen LogP contribution in [0.15, 0.2) is 66.7 Å². The van der Waals surface area contributed by atoms with Gasteiger partial charge in [0.2, 0.25) is 5.91 Å². The smallest absolute Gasteiger partial charge is 0.261 e. The normalized spacial score (nSPS) is 12.3. The Balaban J connectivity index is 1.82. The number of carbonyl (C=O) groups is 2. The average Bonchev–Trinajstić information content (AvgIpc) is 2.75. The van der Waals surface area contributed by atoms with Gasteiger partial charge in [-0.05, 0) is 50.8 Å². The first-order chi connectivity index (χ1) is 15.2. The number of fused-ring (bicyclic) bond motifs is 1. The monoisotopic (exact) mass is 452 g/mol. The van der Waals surface area contributed by atoms with Crippen molar-refractivity contribution in [3.63, 3.8) is 0 Å². The van der Waals surface area contributed by atoms with Gasteiger partial charge in [-0.2, -0.15) is 0 Å². The van der Waals surface area contributed by atoms with Crippen molar-refractivity contribution in [2.45, 2.75) is 45.8 Å². The summed E-state index contributed by atoms with van der Waals surface area (Å²) < 4.78 is 5.90. The molecule has 168 valence electrons. The first-order valence-corrected chi connectivity index (χ1v) is 11.0. The van der Waals surface area contributed by atoms with Crippen LogP contribution in [0.2, 0.25) is 5.02 Å². The van der Waals surface area contributed by atoms with Crippen LogP contribution in [-0.4, -0.2) is 34.9 Å². The number of benzene rings is 3. The molecule has 0 aliphatic rings. The Morgan fingerprint density at radius 2 is 1.66 bits per heavy atom. The lowest BCUT2D eigenvalue weighted by Gasteiger charge is -2.31. The second-order valence-electron chi connectivity index (χ2n) is 8.79. The van der Waals surface area contributed by atoms with Crippen molar-refractivity contribution in [3.05, 3.63) is 77.3 Å². The maximum absolute atomic E-state index is 13.3. The van der Waals surface area contributed by atoms with E-state index in [2.05, 4.69) is 5.32 Å². The Hall–Kier alpha value is -3.05. The van der Waals surface area contributed by atoms with E-state index in [1.165, 1.54) is 4.90 Å². The molecule has 32 heavy (non-hydrogen) atoms. The van der Waals surface area contributed by atoms with Gasteiger partial charge in [-0.3, -0.25) is 9.59 Å². The molecular formula is C26H29ClN2O3. The third-order valence-electron chi connectivity index (χ3n) is 5.06. The molecule has 0 bridgehead atoms. The van der Waals surface area contributed by atoms with E-state index in [-0.39, 0.29) is 25.0 Å². The summed E-state index contributed by atoms with van der Waals surface area (Å²) in [5.74, 6) is 0.0958. The molecule has 0 saturated carbocycles.